The van der Waals surface area contributed by atoms with Crippen LogP contribution in [0.25, 0.3) is 0 Å². The maximum Gasteiger partial charge on any atom is 0.320 e. The van der Waals surface area contributed by atoms with Crippen LogP contribution in [0, 0.1) is 0 Å². The highest BCUT2D eigenvalue weighted by molar-refractivity contribution is 5.78. The fourth-order valence-corrected chi connectivity index (χ4v) is 4.97. The van der Waals surface area contributed by atoms with Gasteiger partial charge in [0.2, 0.25) is 5.91 Å². The second-order valence-electron chi connectivity index (χ2n) is 11.7. The first-order valence-corrected chi connectivity index (χ1v) is 16.7. The minimum absolute atomic E-state index is 0.0350. The van der Waals surface area contributed by atoms with E-state index in [1.165, 1.54) is 6.92 Å². The Balaban J connectivity index is 2.54. The van der Waals surface area contributed by atoms with E-state index in [0.717, 1.165) is 0 Å². The molecule has 1 aliphatic heterocycles. The molecule has 1 fully saturated rings. The van der Waals surface area contributed by atoms with Gasteiger partial charge in [0.25, 0.3) is 0 Å². The Kier molecular flexibility index (Phi) is 24.5. The van der Waals surface area contributed by atoms with Crippen molar-refractivity contribution in [3.63, 3.8) is 0 Å². The molecule has 1 aliphatic rings. The van der Waals surface area contributed by atoms with E-state index in [2.05, 4.69) is 5.32 Å². The fourth-order valence-electron chi connectivity index (χ4n) is 4.97. The maximum absolute atomic E-state index is 12.5. The lowest BCUT2D eigenvalue weighted by molar-refractivity contribution is -0.145. The Morgan fingerprint density at radius 3 is 1.32 bits per heavy atom. The number of aliphatic carboxylic acids is 4. The summed E-state index contributed by atoms with van der Waals surface area (Å²) in [5, 5.41) is 40.9. The molecular formula is C31H55N5O14. The summed E-state index contributed by atoms with van der Waals surface area (Å²) in [6, 6.07) is -1.10. The number of carboxylic acid groups (broad SMARTS) is 4. The highest BCUT2D eigenvalue weighted by atomic mass is 16.6. The lowest BCUT2D eigenvalue weighted by Crippen LogP contribution is -2.52. The van der Waals surface area contributed by atoms with Crippen molar-refractivity contribution in [2.24, 2.45) is 0 Å². The molecule has 0 bridgehead atoms. The van der Waals surface area contributed by atoms with Crippen molar-refractivity contribution in [2.75, 3.05) is 131 Å². The average molecular weight is 722 g/mol. The van der Waals surface area contributed by atoms with E-state index in [9.17, 15) is 49.2 Å². The predicted octanol–water partition coefficient (Wildman–Crippen LogP) is -2.14. The first kappa shape index (κ1) is 44.7. The van der Waals surface area contributed by atoms with Crippen molar-refractivity contribution in [3.05, 3.63) is 0 Å². The summed E-state index contributed by atoms with van der Waals surface area (Å²) in [6.07, 6.45) is 0.250. The average Bonchev–Trinajstić information content (AvgIpc) is 3.02. The SMILES string of the molecule is CC(=O)CCOCCOCCOCCOCCNC(=O)CCC(C(=O)O)N1CCN(CC(=O)O)CCN(CC(=O)O)CCN(CC(=O)O)CC1. The van der Waals surface area contributed by atoms with Gasteiger partial charge in [0.1, 0.15) is 11.8 Å². The largest absolute Gasteiger partial charge is 0.480 e. The van der Waals surface area contributed by atoms with Crippen LogP contribution in [0.4, 0.5) is 0 Å². The van der Waals surface area contributed by atoms with Gasteiger partial charge >= 0.3 is 23.9 Å². The molecule has 0 aromatic carbocycles. The van der Waals surface area contributed by atoms with Crippen LogP contribution in [0.15, 0.2) is 0 Å². The van der Waals surface area contributed by atoms with Gasteiger partial charge in [0.05, 0.1) is 72.5 Å². The minimum Gasteiger partial charge on any atom is -0.480 e. The molecule has 0 spiro atoms. The van der Waals surface area contributed by atoms with Crippen molar-refractivity contribution in [3.8, 4) is 0 Å². The number of carbonyl (C=O) groups is 6. The Bertz CT molecular complexity index is 1000. The quantitative estimate of drug-likeness (QED) is 0.0598. The third-order valence-electron chi connectivity index (χ3n) is 7.60. The van der Waals surface area contributed by atoms with Crippen LogP contribution in [0.3, 0.4) is 0 Å². The molecule has 288 valence electrons. The zero-order valence-corrected chi connectivity index (χ0v) is 29.0. The number of nitrogens with zero attached hydrogens (tertiary/aromatic N) is 4. The molecule has 1 saturated heterocycles. The topological polar surface area (TPSA) is 245 Å². The van der Waals surface area contributed by atoms with Crippen LogP contribution in [0.1, 0.15) is 26.2 Å². The van der Waals surface area contributed by atoms with Gasteiger partial charge in [-0.15, -0.1) is 0 Å². The van der Waals surface area contributed by atoms with Crippen molar-refractivity contribution >= 4 is 35.6 Å². The smallest absolute Gasteiger partial charge is 0.320 e. The number of ketones is 1. The van der Waals surface area contributed by atoms with Gasteiger partial charge in [-0.1, -0.05) is 0 Å². The van der Waals surface area contributed by atoms with Crippen LogP contribution in [-0.4, -0.2) is 213 Å². The Morgan fingerprint density at radius 1 is 0.560 bits per heavy atom. The van der Waals surface area contributed by atoms with E-state index in [1.807, 2.05) is 0 Å². The molecule has 1 amide bonds. The van der Waals surface area contributed by atoms with E-state index in [4.69, 9.17) is 18.9 Å². The Labute approximate surface area is 292 Å². The van der Waals surface area contributed by atoms with Gasteiger partial charge in [-0.25, -0.2) is 0 Å². The summed E-state index contributed by atoms with van der Waals surface area (Å²) in [5.74, 6) is -4.70. The number of hydrogen-bond acceptors (Lipinski definition) is 14. The molecule has 0 aliphatic carbocycles. The normalized spacial score (nSPS) is 16.6. The van der Waals surface area contributed by atoms with Crippen LogP contribution in [-0.2, 0) is 47.7 Å². The second kappa shape index (κ2) is 27.4. The predicted molar refractivity (Wildman–Crippen MR) is 176 cm³/mol. The highest BCUT2D eigenvalue weighted by Crippen LogP contribution is 2.11. The molecule has 0 saturated carbocycles. The summed E-state index contributed by atoms with van der Waals surface area (Å²) < 4.78 is 21.5. The highest BCUT2D eigenvalue weighted by Gasteiger charge is 2.28. The third kappa shape index (κ3) is 24.0. The third-order valence-corrected chi connectivity index (χ3v) is 7.60. The van der Waals surface area contributed by atoms with E-state index < -0.39 is 29.9 Å². The number of carbonyl (C=O) groups excluding carboxylic acids is 2. The number of amides is 1. The molecule has 50 heavy (non-hydrogen) atoms. The Hall–Kier alpha value is -3.30. The number of hydrogen-bond donors (Lipinski definition) is 5. The van der Waals surface area contributed by atoms with E-state index >= 15 is 0 Å². The number of rotatable bonds is 26. The van der Waals surface area contributed by atoms with Crippen LogP contribution >= 0.6 is 0 Å². The van der Waals surface area contributed by atoms with E-state index in [-0.39, 0.29) is 110 Å². The van der Waals surface area contributed by atoms with Gasteiger partial charge in [-0.2, -0.15) is 0 Å². The number of ether oxygens (including phenoxy) is 4. The zero-order valence-electron chi connectivity index (χ0n) is 29.0. The summed E-state index contributed by atoms with van der Waals surface area (Å²) in [4.78, 5) is 76.5. The van der Waals surface area contributed by atoms with E-state index in [0.29, 0.717) is 52.7 Å². The molecule has 1 heterocycles. The standard InChI is InChI=1S/C31H55N5O14/c1-25(37)4-14-47-16-18-49-20-21-50-19-17-48-15-5-32-27(38)3-2-26(31(45)46)36-12-10-34(23-29(41)42)8-6-33(22-28(39)40)7-9-35(11-13-36)24-30(43)44/h26H,2-24H2,1H3,(H,32,38)(H,39,40)(H,41,42)(H,43,44)(H,45,46). The number of nitrogens with one attached hydrogen (secondary N) is 1. The van der Waals surface area contributed by atoms with Crippen molar-refractivity contribution in [1.82, 2.24) is 24.9 Å². The number of Topliss-reactive ketones (excluding diaryl/α,β-unsaturated/α-hetero) is 1. The summed E-state index contributed by atoms with van der Waals surface area (Å²) in [6.45, 7) is 4.97. The lowest BCUT2D eigenvalue weighted by atomic mass is 10.1. The van der Waals surface area contributed by atoms with Gasteiger partial charge < -0.3 is 44.7 Å². The summed E-state index contributed by atoms with van der Waals surface area (Å²) >= 11 is 0. The molecule has 1 rings (SSSR count). The molecule has 1 unspecified atom stereocenters. The van der Waals surface area contributed by atoms with Gasteiger partial charge in [0, 0.05) is 71.7 Å². The molecule has 5 N–H and O–H groups in total. The molecular weight excluding hydrogens is 666 g/mol. The second-order valence-corrected chi connectivity index (χ2v) is 11.7. The minimum atomic E-state index is -1.17. The molecule has 0 aromatic heterocycles. The molecule has 19 heteroatoms. The van der Waals surface area contributed by atoms with Gasteiger partial charge in [-0.05, 0) is 13.3 Å². The van der Waals surface area contributed by atoms with Crippen LogP contribution < -0.4 is 5.32 Å². The molecule has 0 aromatic rings. The zero-order chi connectivity index (χ0) is 37.1. The van der Waals surface area contributed by atoms with Crippen molar-refractivity contribution < 1.29 is 68.1 Å². The van der Waals surface area contributed by atoms with Crippen molar-refractivity contribution in [1.29, 1.82) is 0 Å². The molecule has 0 radical (unpaired) electrons. The van der Waals surface area contributed by atoms with Crippen LogP contribution in [0.2, 0.25) is 0 Å². The molecule has 1 atom stereocenters. The van der Waals surface area contributed by atoms with Crippen LogP contribution in [0.5, 0.6) is 0 Å². The van der Waals surface area contributed by atoms with Gasteiger partial charge in [-0.3, -0.25) is 48.4 Å². The first-order valence-electron chi connectivity index (χ1n) is 16.7. The first-order chi connectivity index (χ1) is 23.9. The lowest BCUT2D eigenvalue weighted by Gasteiger charge is -2.35. The fraction of sp³-hybridized carbons (Fsp3) is 0.806. The summed E-state index contributed by atoms with van der Waals surface area (Å²) in [5.41, 5.74) is 0. The maximum atomic E-state index is 12.5. The van der Waals surface area contributed by atoms with Gasteiger partial charge in [0.15, 0.2) is 0 Å². The number of carboxylic acids is 4. The monoisotopic (exact) mass is 721 g/mol. The molecule has 19 nitrogen and oxygen atoms in total. The Morgan fingerprint density at radius 2 is 0.940 bits per heavy atom. The summed E-state index contributed by atoms with van der Waals surface area (Å²) in [7, 11) is 0. The van der Waals surface area contributed by atoms with Crippen molar-refractivity contribution in [2.45, 2.75) is 32.2 Å². The van der Waals surface area contributed by atoms with E-state index in [1.54, 1.807) is 19.6 Å².